The number of benzene rings is 1. The van der Waals surface area contributed by atoms with Gasteiger partial charge in [-0.3, -0.25) is 9.36 Å². The fraction of sp³-hybridized carbons (Fsp3) is 0.348. The molecule has 0 bridgehead atoms. The predicted octanol–water partition coefficient (Wildman–Crippen LogP) is 4.50. The Morgan fingerprint density at radius 1 is 1.20 bits per heavy atom. The van der Waals surface area contributed by atoms with E-state index in [0.29, 0.717) is 30.7 Å². The number of nitrogens with zero attached hydrogens (tertiary/aromatic N) is 3. The van der Waals surface area contributed by atoms with Gasteiger partial charge in [0.15, 0.2) is 0 Å². The fourth-order valence-electron chi connectivity index (χ4n) is 3.81. The number of fused-ring (bicyclic) bond motifs is 3. The SMILES string of the molecule is CC(C)(C)OC(=O)N1CCc2c(c(=O)n(Cc3cccc(Br)c3)c3ncccc23)C1. The number of carbonyl (C=O) groups excluding carboxylic acids is 1. The van der Waals surface area contributed by atoms with Gasteiger partial charge < -0.3 is 9.64 Å². The summed E-state index contributed by atoms with van der Waals surface area (Å²) in [5, 5.41) is 0.964. The summed E-state index contributed by atoms with van der Waals surface area (Å²) in [5.41, 5.74) is 2.61. The highest BCUT2D eigenvalue weighted by molar-refractivity contribution is 9.10. The third kappa shape index (κ3) is 4.12. The molecule has 1 amide bonds. The first kappa shape index (κ1) is 20.6. The number of carbonyl (C=O) groups is 1. The van der Waals surface area contributed by atoms with E-state index in [-0.39, 0.29) is 12.1 Å². The molecule has 3 aromatic rings. The standard InChI is InChI=1S/C23H24BrN3O3/c1-23(2,3)30-22(29)26-11-9-17-18-8-5-10-25-20(18)27(21(28)19(17)14-26)13-15-6-4-7-16(24)12-15/h4-8,10,12H,9,11,13-14H2,1-3H3. The maximum absolute atomic E-state index is 13.5. The van der Waals surface area contributed by atoms with Crippen molar-refractivity contribution in [2.45, 2.75) is 45.9 Å². The van der Waals surface area contributed by atoms with E-state index in [1.54, 1.807) is 15.7 Å². The first-order valence-corrected chi connectivity index (χ1v) is 10.7. The Morgan fingerprint density at radius 2 is 2.00 bits per heavy atom. The Hall–Kier alpha value is -2.67. The fourth-order valence-corrected chi connectivity index (χ4v) is 4.26. The normalized spacial score (nSPS) is 13.9. The molecule has 0 atom stereocenters. The molecule has 1 aromatic carbocycles. The van der Waals surface area contributed by atoms with Crippen molar-refractivity contribution in [1.82, 2.24) is 14.5 Å². The Morgan fingerprint density at radius 3 is 2.73 bits per heavy atom. The molecule has 1 aliphatic heterocycles. The van der Waals surface area contributed by atoms with Gasteiger partial charge in [0.2, 0.25) is 0 Å². The first-order valence-electron chi connectivity index (χ1n) is 9.94. The largest absolute Gasteiger partial charge is 0.444 e. The molecular weight excluding hydrogens is 446 g/mol. The number of amides is 1. The lowest BCUT2D eigenvalue weighted by Crippen LogP contribution is -2.43. The zero-order chi connectivity index (χ0) is 21.5. The molecule has 0 radical (unpaired) electrons. The maximum Gasteiger partial charge on any atom is 0.410 e. The van der Waals surface area contributed by atoms with Crippen molar-refractivity contribution in [2.75, 3.05) is 6.54 Å². The van der Waals surface area contributed by atoms with Crippen LogP contribution in [-0.2, 0) is 24.2 Å². The summed E-state index contributed by atoms with van der Waals surface area (Å²) >= 11 is 3.49. The number of rotatable bonds is 2. The number of ether oxygens (including phenoxy) is 1. The van der Waals surface area contributed by atoms with Crippen LogP contribution in [0.25, 0.3) is 11.0 Å². The third-order valence-electron chi connectivity index (χ3n) is 5.10. The van der Waals surface area contributed by atoms with E-state index < -0.39 is 11.7 Å². The number of hydrogen-bond acceptors (Lipinski definition) is 4. The van der Waals surface area contributed by atoms with Gasteiger partial charge in [-0.05, 0) is 62.6 Å². The molecule has 0 spiro atoms. The molecule has 0 saturated heterocycles. The van der Waals surface area contributed by atoms with Gasteiger partial charge in [0.1, 0.15) is 11.2 Å². The molecule has 30 heavy (non-hydrogen) atoms. The summed E-state index contributed by atoms with van der Waals surface area (Å²) in [6.07, 6.45) is 1.92. The minimum atomic E-state index is -0.578. The molecule has 0 saturated carbocycles. The van der Waals surface area contributed by atoms with E-state index >= 15 is 0 Å². The van der Waals surface area contributed by atoms with Crippen LogP contribution in [0.2, 0.25) is 0 Å². The summed E-state index contributed by atoms with van der Waals surface area (Å²) in [6, 6.07) is 11.8. The summed E-state index contributed by atoms with van der Waals surface area (Å²) in [7, 11) is 0. The quantitative estimate of drug-likeness (QED) is 0.554. The number of pyridine rings is 2. The van der Waals surface area contributed by atoms with Crippen molar-refractivity contribution in [3.63, 3.8) is 0 Å². The molecular formula is C23H24BrN3O3. The zero-order valence-electron chi connectivity index (χ0n) is 17.3. The predicted molar refractivity (Wildman–Crippen MR) is 120 cm³/mol. The molecule has 1 aliphatic rings. The van der Waals surface area contributed by atoms with Crippen LogP contribution in [0.4, 0.5) is 4.79 Å². The highest BCUT2D eigenvalue weighted by Crippen LogP contribution is 2.26. The van der Waals surface area contributed by atoms with E-state index in [1.807, 2.05) is 57.2 Å². The van der Waals surface area contributed by atoms with Gasteiger partial charge in [-0.2, -0.15) is 0 Å². The smallest absolute Gasteiger partial charge is 0.410 e. The molecule has 2 aromatic heterocycles. The van der Waals surface area contributed by atoms with Crippen molar-refractivity contribution in [3.05, 3.63) is 74.1 Å². The number of halogens is 1. The van der Waals surface area contributed by atoms with Crippen LogP contribution in [0, 0.1) is 0 Å². The molecule has 0 aliphatic carbocycles. The van der Waals surface area contributed by atoms with Crippen molar-refractivity contribution in [2.24, 2.45) is 0 Å². The van der Waals surface area contributed by atoms with Gasteiger partial charge in [0.25, 0.3) is 5.56 Å². The van der Waals surface area contributed by atoms with Crippen LogP contribution < -0.4 is 5.56 Å². The van der Waals surface area contributed by atoms with Gasteiger partial charge >= 0.3 is 6.09 Å². The Bertz CT molecular complexity index is 1180. The number of hydrogen-bond donors (Lipinski definition) is 0. The molecule has 6 nitrogen and oxygen atoms in total. The van der Waals surface area contributed by atoms with Crippen molar-refractivity contribution in [1.29, 1.82) is 0 Å². The first-order chi connectivity index (χ1) is 14.2. The Kier molecular flexibility index (Phi) is 5.40. The minimum absolute atomic E-state index is 0.107. The molecule has 0 unspecified atom stereocenters. The molecule has 156 valence electrons. The van der Waals surface area contributed by atoms with E-state index in [9.17, 15) is 9.59 Å². The van der Waals surface area contributed by atoms with Crippen LogP contribution >= 0.6 is 15.9 Å². The molecule has 4 rings (SSSR count). The zero-order valence-corrected chi connectivity index (χ0v) is 18.9. The van der Waals surface area contributed by atoms with Gasteiger partial charge in [0.05, 0.1) is 13.1 Å². The summed E-state index contributed by atoms with van der Waals surface area (Å²) < 4.78 is 8.18. The van der Waals surface area contributed by atoms with Gasteiger partial charge in [-0.1, -0.05) is 28.1 Å². The monoisotopic (exact) mass is 469 g/mol. The highest BCUT2D eigenvalue weighted by atomic mass is 79.9. The van der Waals surface area contributed by atoms with Gasteiger partial charge in [-0.15, -0.1) is 0 Å². The van der Waals surface area contributed by atoms with E-state index in [4.69, 9.17) is 4.74 Å². The van der Waals surface area contributed by atoms with Gasteiger partial charge in [0, 0.05) is 28.2 Å². The molecule has 7 heteroatoms. The van der Waals surface area contributed by atoms with Crippen LogP contribution in [0.15, 0.2) is 51.9 Å². The van der Waals surface area contributed by atoms with E-state index in [0.717, 1.165) is 21.0 Å². The second kappa shape index (κ2) is 7.87. The van der Waals surface area contributed by atoms with Crippen LogP contribution in [0.1, 0.15) is 37.5 Å². The van der Waals surface area contributed by atoms with Crippen molar-refractivity contribution < 1.29 is 9.53 Å². The van der Waals surface area contributed by atoms with Crippen LogP contribution in [-0.4, -0.2) is 32.7 Å². The molecule has 0 fully saturated rings. The summed E-state index contributed by atoms with van der Waals surface area (Å²) in [6.45, 7) is 6.69. The second-order valence-electron chi connectivity index (χ2n) is 8.50. The van der Waals surface area contributed by atoms with Gasteiger partial charge in [-0.25, -0.2) is 9.78 Å². The Balaban J connectivity index is 1.78. The summed E-state index contributed by atoms with van der Waals surface area (Å²) in [5.74, 6) is 0. The summed E-state index contributed by atoms with van der Waals surface area (Å²) in [4.78, 5) is 32.2. The van der Waals surface area contributed by atoms with Crippen LogP contribution in [0.3, 0.4) is 0 Å². The number of aromatic nitrogens is 2. The maximum atomic E-state index is 13.5. The van der Waals surface area contributed by atoms with Crippen molar-refractivity contribution in [3.8, 4) is 0 Å². The van der Waals surface area contributed by atoms with E-state index in [2.05, 4.69) is 20.9 Å². The lowest BCUT2D eigenvalue weighted by molar-refractivity contribution is 0.0223. The average Bonchev–Trinajstić information content (AvgIpc) is 2.69. The minimum Gasteiger partial charge on any atom is -0.444 e. The lowest BCUT2D eigenvalue weighted by Gasteiger charge is -2.31. The lowest BCUT2D eigenvalue weighted by atomic mass is 9.97. The van der Waals surface area contributed by atoms with Crippen LogP contribution in [0.5, 0.6) is 0 Å². The average molecular weight is 470 g/mol. The second-order valence-corrected chi connectivity index (χ2v) is 9.42. The highest BCUT2D eigenvalue weighted by Gasteiger charge is 2.29. The van der Waals surface area contributed by atoms with Crippen molar-refractivity contribution >= 4 is 33.1 Å². The Labute approximate surface area is 183 Å². The van der Waals surface area contributed by atoms with E-state index in [1.165, 1.54) is 0 Å². The molecule has 0 N–H and O–H groups in total. The molecule has 3 heterocycles. The topological polar surface area (TPSA) is 64.4 Å². The third-order valence-corrected chi connectivity index (χ3v) is 5.59.